The summed E-state index contributed by atoms with van der Waals surface area (Å²) in [5.41, 5.74) is 0. The van der Waals surface area contributed by atoms with Crippen LogP contribution in [0.4, 0.5) is 0 Å². The van der Waals surface area contributed by atoms with Crippen LogP contribution in [0.25, 0.3) is 0 Å². The smallest absolute Gasteiger partial charge is 0.307 e. The van der Waals surface area contributed by atoms with Gasteiger partial charge in [-0.3, -0.25) is 4.79 Å². The molecule has 0 rings (SSSR count). The van der Waals surface area contributed by atoms with Crippen molar-refractivity contribution < 1.29 is 18.3 Å². The van der Waals surface area contributed by atoms with Crippen LogP contribution in [0.15, 0.2) is 0 Å². The summed E-state index contributed by atoms with van der Waals surface area (Å²) in [4.78, 5) is 11.0. The van der Waals surface area contributed by atoms with Crippen LogP contribution < -0.4 is 4.72 Å². The van der Waals surface area contributed by atoms with Gasteiger partial charge in [0.2, 0.25) is 0 Å². The quantitative estimate of drug-likeness (QED) is 0.692. The summed E-state index contributed by atoms with van der Waals surface area (Å²) >= 11 is 0. The predicted octanol–water partition coefficient (Wildman–Crippen LogP) is 0.908. The lowest BCUT2D eigenvalue weighted by Crippen LogP contribution is -2.44. The average molecular weight is 280 g/mol. The highest BCUT2D eigenvalue weighted by Crippen LogP contribution is 2.12. The Balaban J connectivity index is 4.57. The van der Waals surface area contributed by atoms with Crippen LogP contribution in [0.3, 0.4) is 0 Å². The van der Waals surface area contributed by atoms with Gasteiger partial charge in [0.1, 0.15) is 0 Å². The van der Waals surface area contributed by atoms with Gasteiger partial charge in [0.05, 0.1) is 5.92 Å². The van der Waals surface area contributed by atoms with E-state index in [1.54, 1.807) is 13.8 Å². The molecule has 0 amide bonds. The molecule has 7 heteroatoms. The van der Waals surface area contributed by atoms with Crippen LogP contribution in [0.2, 0.25) is 0 Å². The molecule has 6 nitrogen and oxygen atoms in total. The van der Waals surface area contributed by atoms with Crippen molar-refractivity contribution in [3.05, 3.63) is 0 Å². The van der Waals surface area contributed by atoms with E-state index in [1.165, 1.54) is 11.4 Å². The maximum Gasteiger partial charge on any atom is 0.307 e. The minimum atomic E-state index is -3.60. The van der Waals surface area contributed by atoms with Crippen LogP contribution >= 0.6 is 0 Å². The van der Waals surface area contributed by atoms with E-state index in [9.17, 15) is 13.2 Å². The summed E-state index contributed by atoms with van der Waals surface area (Å²) in [6.45, 7) is 7.24. The first-order valence-electron chi connectivity index (χ1n) is 6.03. The number of carbonyl (C=O) groups is 1. The van der Waals surface area contributed by atoms with E-state index in [0.29, 0.717) is 6.42 Å². The van der Waals surface area contributed by atoms with Crippen molar-refractivity contribution in [3.63, 3.8) is 0 Å². The normalized spacial score (nSPS) is 14.4. The van der Waals surface area contributed by atoms with E-state index in [-0.39, 0.29) is 18.5 Å². The molecule has 0 saturated carbocycles. The van der Waals surface area contributed by atoms with Crippen LogP contribution in [0.5, 0.6) is 0 Å². The van der Waals surface area contributed by atoms with Crippen molar-refractivity contribution in [2.75, 3.05) is 13.6 Å². The maximum atomic E-state index is 11.8. The summed E-state index contributed by atoms with van der Waals surface area (Å²) in [7, 11) is -2.14. The monoisotopic (exact) mass is 280 g/mol. The zero-order valence-corrected chi connectivity index (χ0v) is 12.5. The molecule has 0 spiro atoms. The average Bonchev–Trinajstić information content (AvgIpc) is 2.22. The molecule has 0 saturated heterocycles. The third kappa shape index (κ3) is 5.79. The van der Waals surface area contributed by atoms with Crippen LogP contribution in [-0.2, 0) is 15.0 Å². The van der Waals surface area contributed by atoms with E-state index in [0.717, 1.165) is 0 Å². The second-order valence-corrected chi connectivity index (χ2v) is 6.94. The van der Waals surface area contributed by atoms with E-state index in [4.69, 9.17) is 5.11 Å². The highest BCUT2D eigenvalue weighted by Gasteiger charge is 2.25. The van der Waals surface area contributed by atoms with E-state index >= 15 is 0 Å². The number of carboxylic acids is 1. The van der Waals surface area contributed by atoms with E-state index < -0.39 is 22.1 Å². The third-order valence-corrected chi connectivity index (χ3v) is 4.44. The lowest BCUT2D eigenvalue weighted by molar-refractivity contribution is -0.142. The Morgan fingerprint density at radius 3 is 2.11 bits per heavy atom. The SMILES string of the molecule is CC(C)CC(CNS(=O)(=O)N(C)C(C)C)C(=O)O. The van der Waals surface area contributed by atoms with Gasteiger partial charge in [0.15, 0.2) is 0 Å². The molecule has 0 aliphatic heterocycles. The molecule has 0 aromatic heterocycles. The van der Waals surface area contributed by atoms with Crippen molar-refractivity contribution in [1.82, 2.24) is 9.03 Å². The van der Waals surface area contributed by atoms with Crippen molar-refractivity contribution in [2.45, 2.75) is 40.2 Å². The molecule has 2 N–H and O–H groups in total. The second kappa shape index (κ2) is 7.06. The first-order valence-corrected chi connectivity index (χ1v) is 7.47. The summed E-state index contributed by atoms with van der Waals surface area (Å²) in [5.74, 6) is -1.46. The lowest BCUT2D eigenvalue weighted by atomic mass is 9.98. The summed E-state index contributed by atoms with van der Waals surface area (Å²) in [5, 5.41) is 9.02. The Labute approximate surface area is 110 Å². The molecule has 1 unspecified atom stereocenters. The molecule has 108 valence electrons. The van der Waals surface area contributed by atoms with Gasteiger partial charge in [-0.2, -0.15) is 12.7 Å². The lowest BCUT2D eigenvalue weighted by Gasteiger charge is -2.23. The Morgan fingerprint density at radius 1 is 1.28 bits per heavy atom. The fourth-order valence-electron chi connectivity index (χ4n) is 1.43. The van der Waals surface area contributed by atoms with Crippen LogP contribution in [0, 0.1) is 11.8 Å². The van der Waals surface area contributed by atoms with Gasteiger partial charge in [-0.1, -0.05) is 13.8 Å². The molecule has 0 aliphatic carbocycles. The third-order valence-electron chi connectivity index (χ3n) is 2.72. The van der Waals surface area contributed by atoms with Gasteiger partial charge in [-0.05, 0) is 26.2 Å². The molecule has 0 aliphatic rings. The zero-order valence-electron chi connectivity index (χ0n) is 11.7. The maximum absolute atomic E-state index is 11.8. The van der Waals surface area contributed by atoms with Gasteiger partial charge in [-0.25, -0.2) is 4.72 Å². The molecule has 0 heterocycles. The Bertz CT molecular complexity index is 365. The molecular formula is C11H24N2O4S. The molecule has 0 aromatic rings. The first kappa shape index (κ1) is 17.3. The summed E-state index contributed by atoms with van der Waals surface area (Å²) < 4.78 is 27.1. The molecule has 1 atom stereocenters. The Kier molecular flexibility index (Phi) is 6.80. The minimum Gasteiger partial charge on any atom is -0.481 e. The topological polar surface area (TPSA) is 86.7 Å². The zero-order chi connectivity index (χ0) is 14.5. The number of nitrogens with one attached hydrogen (secondary N) is 1. The molecule has 0 fully saturated rings. The van der Waals surface area contributed by atoms with E-state index in [2.05, 4.69) is 4.72 Å². The van der Waals surface area contributed by atoms with Gasteiger partial charge in [0, 0.05) is 19.6 Å². The first-order chi connectivity index (χ1) is 8.08. The fourth-order valence-corrected chi connectivity index (χ4v) is 2.60. The minimum absolute atomic E-state index is 0.0765. The van der Waals surface area contributed by atoms with Gasteiger partial charge in [0.25, 0.3) is 10.2 Å². The molecular weight excluding hydrogens is 256 g/mol. The van der Waals surface area contributed by atoms with Crippen molar-refractivity contribution >= 4 is 16.2 Å². The highest BCUT2D eigenvalue weighted by molar-refractivity contribution is 7.87. The Morgan fingerprint density at radius 2 is 1.78 bits per heavy atom. The second-order valence-electron chi connectivity index (χ2n) is 5.13. The fraction of sp³-hybridized carbons (Fsp3) is 0.909. The number of carboxylic acid groups (broad SMARTS) is 1. The summed E-state index contributed by atoms with van der Waals surface area (Å²) in [6.07, 6.45) is 0.448. The molecule has 0 radical (unpaired) electrons. The van der Waals surface area contributed by atoms with Crippen LogP contribution in [-0.4, -0.2) is 43.4 Å². The van der Waals surface area contributed by atoms with Crippen molar-refractivity contribution in [2.24, 2.45) is 11.8 Å². The van der Waals surface area contributed by atoms with Gasteiger partial charge >= 0.3 is 5.97 Å². The predicted molar refractivity (Wildman–Crippen MR) is 70.4 cm³/mol. The number of nitrogens with zero attached hydrogens (tertiary/aromatic N) is 1. The largest absolute Gasteiger partial charge is 0.481 e. The number of hydrogen-bond acceptors (Lipinski definition) is 3. The summed E-state index contributed by atoms with van der Waals surface area (Å²) in [6, 6.07) is -0.170. The van der Waals surface area contributed by atoms with Crippen molar-refractivity contribution in [1.29, 1.82) is 0 Å². The standard InChI is InChI=1S/C11H24N2O4S/c1-8(2)6-10(11(14)15)7-12-18(16,17)13(5)9(3)4/h8-10,12H,6-7H2,1-5H3,(H,14,15). The van der Waals surface area contributed by atoms with Gasteiger partial charge < -0.3 is 5.11 Å². The van der Waals surface area contributed by atoms with Crippen molar-refractivity contribution in [3.8, 4) is 0 Å². The Hall–Kier alpha value is -0.660. The molecule has 18 heavy (non-hydrogen) atoms. The number of hydrogen-bond donors (Lipinski definition) is 2. The molecule has 0 aromatic carbocycles. The highest BCUT2D eigenvalue weighted by atomic mass is 32.2. The van der Waals surface area contributed by atoms with Gasteiger partial charge in [-0.15, -0.1) is 0 Å². The van der Waals surface area contributed by atoms with Crippen LogP contribution in [0.1, 0.15) is 34.1 Å². The number of aliphatic carboxylic acids is 1. The molecule has 0 bridgehead atoms. The van der Waals surface area contributed by atoms with E-state index in [1.807, 2.05) is 13.8 Å². The number of rotatable bonds is 8.